The lowest BCUT2D eigenvalue weighted by molar-refractivity contribution is 0.406. The first-order chi connectivity index (χ1) is 9.95. The summed E-state index contributed by atoms with van der Waals surface area (Å²) >= 11 is 1.81. The maximum atomic E-state index is 5.46. The number of pyridine rings is 1. The van der Waals surface area contributed by atoms with E-state index in [1.807, 2.05) is 24.5 Å². The zero-order valence-corrected chi connectivity index (χ0v) is 14.3. The quantitative estimate of drug-likeness (QED) is 0.880. The van der Waals surface area contributed by atoms with Gasteiger partial charge in [-0.15, -0.1) is 11.3 Å². The summed E-state index contributed by atoms with van der Waals surface area (Å²) in [6, 6.07) is 4.31. The molecule has 0 atom stereocenters. The number of aromatic nitrogens is 1. The van der Waals surface area contributed by atoms with Gasteiger partial charge in [-0.2, -0.15) is 0 Å². The maximum Gasteiger partial charge on any atom is 0.128 e. The SMILES string of the molecule is COc1c(C)cnc(CNCC(C)(C)c2cccs2)c1C. The van der Waals surface area contributed by atoms with Crippen molar-refractivity contribution >= 4 is 11.3 Å². The Morgan fingerprint density at radius 3 is 2.71 bits per heavy atom. The van der Waals surface area contributed by atoms with E-state index in [0.717, 1.165) is 35.7 Å². The van der Waals surface area contributed by atoms with Crippen molar-refractivity contribution in [3.8, 4) is 5.75 Å². The number of hydrogen-bond donors (Lipinski definition) is 1. The highest BCUT2D eigenvalue weighted by molar-refractivity contribution is 7.10. The molecule has 0 aliphatic carbocycles. The molecular formula is C17H24N2OS. The molecule has 0 fully saturated rings. The number of methoxy groups -OCH3 is 1. The van der Waals surface area contributed by atoms with E-state index in [-0.39, 0.29) is 5.41 Å². The first-order valence-electron chi connectivity index (χ1n) is 7.19. The molecule has 0 unspecified atom stereocenters. The molecule has 0 bridgehead atoms. The predicted octanol–water partition coefficient (Wildman–Crippen LogP) is 3.84. The average molecular weight is 304 g/mol. The second-order valence-electron chi connectivity index (χ2n) is 6.01. The average Bonchev–Trinajstić information content (AvgIpc) is 2.97. The van der Waals surface area contributed by atoms with Gasteiger partial charge in [0.2, 0.25) is 0 Å². The maximum absolute atomic E-state index is 5.46. The van der Waals surface area contributed by atoms with Gasteiger partial charge < -0.3 is 10.1 Å². The van der Waals surface area contributed by atoms with Crippen molar-refractivity contribution < 1.29 is 4.74 Å². The van der Waals surface area contributed by atoms with Gasteiger partial charge in [0, 0.05) is 40.7 Å². The van der Waals surface area contributed by atoms with Crippen LogP contribution in [0.4, 0.5) is 0 Å². The summed E-state index contributed by atoms with van der Waals surface area (Å²) in [5, 5.41) is 5.66. The third kappa shape index (κ3) is 3.63. The van der Waals surface area contributed by atoms with Crippen molar-refractivity contribution in [2.45, 2.75) is 39.7 Å². The van der Waals surface area contributed by atoms with Gasteiger partial charge in [-0.1, -0.05) is 19.9 Å². The first-order valence-corrected chi connectivity index (χ1v) is 8.07. The summed E-state index contributed by atoms with van der Waals surface area (Å²) in [4.78, 5) is 5.93. The zero-order chi connectivity index (χ0) is 15.5. The molecule has 2 aromatic heterocycles. The molecule has 0 aliphatic rings. The predicted molar refractivity (Wildman–Crippen MR) is 89.3 cm³/mol. The van der Waals surface area contributed by atoms with E-state index in [0.29, 0.717) is 0 Å². The Balaban J connectivity index is 2.01. The van der Waals surface area contributed by atoms with Crippen LogP contribution in [-0.4, -0.2) is 18.6 Å². The Bertz CT molecular complexity index is 591. The Kier molecular flexibility index (Phi) is 5.01. The minimum Gasteiger partial charge on any atom is -0.496 e. The van der Waals surface area contributed by atoms with Crippen molar-refractivity contribution in [2.24, 2.45) is 0 Å². The lowest BCUT2D eigenvalue weighted by atomic mass is 9.91. The van der Waals surface area contributed by atoms with E-state index in [4.69, 9.17) is 4.74 Å². The molecule has 114 valence electrons. The van der Waals surface area contributed by atoms with E-state index < -0.39 is 0 Å². The summed E-state index contributed by atoms with van der Waals surface area (Å²) < 4.78 is 5.46. The van der Waals surface area contributed by atoms with Crippen molar-refractivity contribution in [3.63, 3.8) is 0 Å². The molecule has 21 heavy (non-hydrogen) atoms. The third-order valence-electron chi connectivity index (χ3n) is 3.80. The summed E-state index contributed by atoms with van der Waals surface area (Å²) in [5.41, 5.74) is 3.40. The first kappa shape index (κ1) is 16.0. The molecule has 0 aromatic carbocycles. The lowest BCUT2D eigenvalue weighted by Crippen LogP contribution is -2.32. The van der Waals surface area contributed by atoms with Crippen LogP contribution in [-0.2, 0) is 12.0 Å². The molecule has 0 radical (unpaired) electrons. The third-order valence-corrected chi connectivity index (χ3v) is 5.03. The van der Waals surface area contributed by atoms with E-state index in [9.17, 15) is 0 Å². The standard InChI is InChI=1S/C17H24N2OS/c1-12-9-19-14(13(2)16(12)20-5)10-18-11-17(3,4)15-7-6-8-21-15/h6-9,18H,10-11H2,1-5H3. The molecule has 0 aliphatic heterocycles. The second kappa shape index (κ2) is 6.58. The minimum absolute atomic E-state index is 0.136. The van der Waals surface area contributed by atoms with E-state index >= 15 is 0 Å². The van der Waals surface area contributed by atoms with Gasteiger partial charge in [-0.3, -0.25) is 4.98 Å². The van der Waals surface area contributed by atoms with E-state index in [2.05, 4.69) is 48.6 Å². The number of rotatable bonds is 6. The van der Waals surface area contributed by atoms with Crippen molar-refractivity contribution in [1.29, 1.82) is 0 Å². The summed E-state index contributed by atoms with van der Waals surface area (Å²) in [5.74, 6) is 0.944. The van der Waals surface area contributed by atoms with E-state index in [1.54, 1.807) is 7.11 Å². The second-order valence-corrected chi connectivity index (χ2v) is 6.96. The summed E-state index contributed by atoms with van der Waals surface area (Å²) in [6.07, 6.45) is 1.88. The van der Waals surface area contributed by atoms with Crippen LogP contribution in [0, 0.1) is 13.8 Å². The molecule has 2 aromatic rings. The number of ether oxygens (including phenoxy) is 1. The fourth-order valence-corrected chi connectivity index (χ4v) is 3.35. The van der Waals surface area contributed by atoms with Gasteiger partial charge >= 0.3 is 0 Å². The molecule has 4 heteroatoms. The molecular weight excluding hydrogens is 280 g/mol. The van der Waals surface area contributed by atoms with Gasteiger partial charge in [0.1, 0.15) is 5.75 Å². The number of hydrogen-bond acceptors (Lipinski definition) is 4. The van der Waals surface area contributed by atoms with Crippen LogP contribution >= 0.6 is 11.3 Å². The van der Waals surface area contributed by atoms with Crippen LogP contribution < -0.4 is 10.1 Å². The lowest BCUT2D eigenvalue weighted by Gasteiger charge is -2.24. The molecule has 0 saturated carbocycles. The normalized spacial score (nSPS) is 11.7. The molecule has 0 spiro atoms. The highest BCUT2D eigenvalue weighted by Gasteiger charge is 2.21. The molecule has 0 saturated heterocycles. The van der Waals surface area contributed by atoms with Crippen LogP contribution in [0.2, 0.25) is 0 Å². The van der Waals surface area contributed by atoms with Crippen LogP contribution in [0.25, 0.3) is 0 Å². The summed E-state index contributed by atoms with van der Waals surface area (Å²) in [7, 11) is 1.71. The Labute approximate surface area is 131 Å². The monoisotopic (exact) mass is 304 g/mol. The number of nitrogens with one attached hydrogen (secondary N) is 1. The minimum atomic E-state index is 0.136. The summed E-state index contributed by atoms with van der Waals surface area (Å²) in [6.45, 7) is 10.3. The van der Waals surface area contributed by atoms with Crippen LogP contribution in [0.3, 0.4) is 0 Å². The fourth-order valence-electron chi connectivity index (χ4n) is 2.49. The van der Waals surface area contributed by atoms with Gasteiger partial charge in [0.25, 0.3) is 0 Å². The van der Waals surface area contributed by atoms with Crippen LogP contribution in [0.1, 0.15) is 35.5 Å². The highest BCUT2D eigenvalue weighted by Crippen LogP contribution is 2.27. The molecule has 2 heterocycles. The Morgan fingerprint density at radius 1 is 1.33 bits per heavy atom. The van der Waals surface area contributed by atoms with Crippen molar-refractivity contribution in [1.82, 2.24) is 10.3 Å². The van der Waals surface area contributed by atoms with E-state index in [1.165, 1.54) is 4.88 Å². The smallest absolute Gasteiger partial charge is 0.128 e. The van der Waals surface area contributed by atoms with Crippen LogP contribution in [0.15, 0.2) is 23.7 Å². The molecule has 0 amide bonds. The number of nitrogens with zero attached hydrogens (tertiary/aromatic N) is 1. The largest absolute Gasteiger partial charge is 0.496 e. The number of aryl methyl sites for hydroxylation is 1. The van der Waals surface area contributed by atoms with Gasteiger partial charge in [-0.05, 0) is 25.3 Å². The Morgan fingerprint density at radius 2 is 2.10 bits per heavy atom. The van der Waals surface area contributed by atoms with Gasteiger partial charge in [-0.25, -0.2) is 0 Å². The van der Waals surface area contributed by atoms with Crippen LogP contribution in [0.5, 0.6) is 5.75 Å². The highest BCUT2D eigenvalue weighted by atomic mass is 32.1. The molecule has 2 rings (SSSR count). The fraction of sp³-hybridized carbons (Fsp3) is 0.471. The number of thiophene rings is 1. The van der Waals surface area contributed by atoms with Crippen molar-refractivity contribution in [3.05, 3.63) is 45.4 Å². The topological polar surface area (TPSA) is 34.1 Å². The van der Waals surface area contributed by atoms with Gasteiger partial charge in [0.05, 0.1) is 12.8 Å². The van der Waals surface area contributed by atoms with Gasteiger partial charge in [0.15, 0.2) is 0 Å². The van der Waals surface area contributed by atoms with Crippen molar-refractivity contribution in [2.75, 3.05) is 13.7 Å². The Hall–Kier alpha value is -1.39. The zero-order valence-electron chi connectivity index (χ0n) is 13.5. The molecule has 3 nitrogen and oxygen atoms in total. The molecule has 1 N–H and O–H groups in total.